The van der Waals surface area contributed by atoms with Gasteiger partial charge in [0.25, 0.3) is 0 Å². The van der Waals surface area contributed by atoms with Gasteiger partial charge in [0.05, 0.1) is 6.54 Å². The second kappa shape index (κ2) is 11.9. The standard InChI is InChI=1S/C18H26BrFN4.HI/c1-3-9-24-10-7-16(8-11-24)23-18(21-4-2)22-13-14-5-6-15(19)12-17(14)20;/h3,5-6,12,16H,1,4,7-11,13H2,2H3,(H2,21,22,23);1H. The third-order valence-electron chi connectivity index (χ3n) is 4.08. The summed E-state index contributed by atoms with van der Waals surface area (Å²) in [6.07, 6.45) is 4.10. The lowest BCUT2D eigenvalue weighted by Gasteiger charge is -2.32. The highest BCUT2D eigenvalue weighted by molar-refractivity contribution is 14.0. The maximum atomic E-state index is 13.9. The van der Waals surface area contributed by atoms with Gasteiger partial charge in [-0.15, -0.1) is 30.6 Å². The number of likely N-dealkylation sites (tertiary alicyclic amines) is 1. The van der Waals surface area contributed by atoms with Crippen molar-refractivity contribution >= 4 is 45.9 Å². The van der Waals surface area contributed by atoms with Crippen molar-refractivity contribution in [3.05, 3.63) is 46.7 Å². The van der Waals surface area contributed by atoms with Gasteiger partial charge in [-0.3, -0.25) is 4.90 Å². The third kappa shape index (κ3) is 7.62. The van der Waals surface area contributed by atoms with Crippen LogP contribution in [0.4, 0.5) is 4.39 Å². The van der Waals surface area contributed by atoms with Crippen molar-refractivity contribution in [2.75, 3.05) is 26.2 Å². The largest absolute Gasteiger partial charge is 0.357 e. The molecule has 0 spiro atoms. The number of aliphatic imine (C=N–C) groups is 1. The molecule has 2 N–H and O–H groups in total. The molecule has 25 heavy (non-hydrogen) atoms. The number of guanidine groups is 1. The first-order valence-corrected chi connectivity index (χ1v) is 9.23. The van der Waals surface area contributed by atoms with Gasteiger partial charge in [0.2, 0.25) is 0 Å². The zero-order valence-electron chi connectivity index (χ0n) is 14.6. The van der Waals surface area contributed by atoms with Crippen LogP contribution < -0.4 is 10.6 Å². The second-order valence-electron chi connectivity index (χ2n) is 5.94. The highest BCUT2D eigenvalue weighted by Crippen LogP contribution is 2.16. The fourth-order valence-electron chi connectivity index (χ4n) is 2.77. The van der Waals surface area contributed by atoms with Crippen LogP contribution in [0.15, 0.2) is 40.3 Å². The van der Waals surface area contributed by atoms with Crippen LogP contribution in [0.2, 0.25) is 0 Å². The average Bonchev–Trinajstić information content (AvgIpc) is 2.56. The molecule has 0 aromatic heterocycles. The lowest BCUT2D eigenvalue weighted by atomic mass is 10.1. The number of hydrogen-bond acceptors (Lipinski definition) is 2. The number of piperidine rings is 1. The highest BCUT2D eigenvalue weighted by atomic mass is 127. The summed E-state index contributed by atoms with van der Waals surface area (Å²) in [6, 6.07) is 5.48. The van der Waals surface area contributed by atoms with Gasteiger partial charge in [-0.05, 0) is 31.9 Å². The normalized spacial score (nSPS) is 16.2. The lowest BCUT2D eigenvalue weighted by molar-refractivity contribution is 0.225. The summed E-state index contributed by atoms with van der Waals surface area (Å²) in [5.41, 5.74) is 0.594. The molecule has 140 valence electrons. The first kappa shape index (κ1) is 22.4. The Kier molecular flexibility index (Phi) is 10.6. The molecule has 0 unspecified atom stereocenters. The Morgan fingerprint density at radius 2 is 2.16 bits per heavy atom. The van der Waals surface area contributed by atoms with Crippen molar-refractivity contribution in [1.82, 2.24) is 15.5 Å². The molecule has 7 heteroatoms. The van der Waals surface area contributed by atoms with E-state index in [9.17, 15) is 4.39 Å². The molecule has 1 fully saturated rings. The quantitative estimate of drug-likeness (QED) is 0.256. The third-order valence-corrected chi connectivity index (χ3v) is 4.58. The molecule has 1 aliphatic heterocycles. The van der Waals surface area contributed by atoms with E-state index in [2.05, 4.69) is 43.0 Å². The van der Waals surface area contributed by atoms with E-state index in [0.29, 0.717) is 18.2 Å². The molecule has 0 atom stereocenters. The van der Waals surface area contributed by atoms with E-state index in [0.717, 1.165) is 49.5 Å². The van der Waals surface area contributed by atoms with Gasteiger partial charge in [0.15, 0.2) is 5.96 Å². The molecule has 1 aromatic rings. The molecule has 0 aliphatic carbocycles. The van der Waals surface area contributed by atoms with Crippen LogP contribution in [0.5, 0.6) is 0 Å². The van der Waals surface area contributed by atoms with Crippen LogP contribution in [0, 0.1) is 5.82 Å². The highest BCUT2D eigenvalue weighted by Gasteiger charge is 2.19. The summed E-state index contributed by atoms with van der Waals surface area (Å²) in [4.78, 5) is 6.93. The van der Waals surface area contributed by atoms with Crippen molar-refractivity contribution in [3.8, 4) is 0 Å². The fourth-order valence-corrected chi connectivity index (χ4v) is 3.10. The van der Waals surface area contributed by atoms with Gasteiger partial charge in [-0.25, -0.2) is 9.38 Å². The summed E-state index contributed by atoms with van der Waals surface area (Å²) in [5.74, 6) is 0.517. The van der Waals surface area contributed by atoms with E-state index < -0.39 is 0 Å². The molecule has 1 heterocycles. The summed E-state index contributed by atoms with van der Waals surface area (Å²) in [6.45, 7) is 10.00. The van der Waals surface area contributed by atoms with Crippen molar-refractivity contribution in [2.45, 2.75) is 32.4 Å². The molecule has 0 bridgehead atoms. The Morgan fingerprint density at radius 3 is 2.76 bits per heavy atom. The number of benzene rings is 1. The minimum Gasteiger partial charge on any atom is -0.357 e. The van der Waals surface area contributed by atoms with Gasteiger partial charge < -0.3 is 10.6 Å². The summed E-state index contributed by atoms with van der Waals surface area (Å²) in [7, 11) is 0. The lowest BCUT2D eigenvalue weighted by Crippen LogP contribution is -2.48. The number of hydrogen-bond donors (Lipinski definition) is 2. The van der Waals surface area contributed by atoms with E-state index in [1.165, 1.54) is 6.07 Å². The van der Waals surface area contributed by atoms with Crippen molar-refractivity contribution < 1.29 is 4.39 Å². The minimum atomic E-state index is -0.235. The predicted molar refractivity (Wildman–Crippen MR) is 117 cm³/mol. The Balaban J connectivity index is 0.00000312. The molecule has 1 saturated heterocycles. The predicted octanol–water partition coefficient (Wildman–Crippen LogP) is 3.91. The van der Waals surface area contributed by atoms with E-state index >= 15 is 0 Å². The topological polar surface area (TPSA) is 39.7 Å². The Labute approximate surface area is 175 Å². The van der Waals surface area contributed by atoms with Gasteiger partial charge in [-0.1, -0.05) is 28.1 Å². The minimum absolute atomic E-state index is 0. The molecule has 2 rings (SSSR count). The number of nitrogens with zero attached hydrogens (tertiary/aromatic N) is 2. The van der Waals surface area contributed by atoms with Crippen molar-refractivity contribution in [1.29, 1.82) is 0 Å². The molecular weight excluding hydrogens is 498 g/mol. The SMILES string of the molecule is C=CCN1CCC(NC(=NCc2ccc(Br)cc2F)NCC)CC1.I. The zero-order chi connectivity index (χ0) is 17.4. The van der Waals surface area contributed by atoms with Gasteiger partial charge in [-0.2, -0.15) is 0 Å². The molecule has 1 aliphatic rings. The van der Waals surface area contributed by atoms with Gasteiger partial charge in [0.1, 0.15) is 5.82 Å². The molecule has 1 aromatic carbocycles. The summed E-state index contributed by atoms with van der Waals surface area (Å²) in [5, 5.41) is 6.72. The van der Waals surface area contributed by atoms with Crippen LogP contribution in [-0.4, -0.2) is 43.1 Å². The molecular formula is C18H27BrFIN4. The summed E-state index contributed by atoms with van der Waals surface area (Å²) < 4.78 is 14.6. The fraction of sp³-hybridized carbons (Fsp3) is 0.500. The first-order chi connectivity index (χ1) is 11.6. The second-order valence-corrected chi connectivity index (χ2v) is 6.85. The van der Waals surface area contributed by atoms with Crippen LogP contribution in [0.25, 0.3) is 0 Å². The van der Waals surface area contributed by atoms with Crippen molar-refractivity contribution in [2.24, 2.45) is 4.99 Å². The van der Waals surface area contributed by atoms with Gasteiger partial charge in [0, 0.05) is 42.3 Å². The molecule has 0 saturated carbocycles. The number of halogens is 3. The maximum absolute atomic E-state index is 13.9. The Hall–Kier alpha value is -0.670. The van der Waals surface area contributed by atoms with Crippen LogP contribution in [0.1, 0.15) is 25.3 Å². The van der Waals surface area contributed by atoms with Crippen LogP contribution in [-0.2, 0) is 6.54 Å². The van der Waals surface area contributed by atoms with E-state index in [1.54, 1.807) is 6.07 Å². The van der Waals surface area contributed by atoms with E-state index in [4.69, 9.17) is 0 Å². The summed E-state index contributed by atoms with van der Waals surface area (Å²) >= 11 is 3.27. The van der Waals surface area contributed by atoms with Crippen LogP contribution in [0.3, 0.4) is 0 Å². The number of rotatable bonds is 6. The van der Waals surface area contributed by atoms with Gasteiger partial charge >= 0.3 is 0 Å². The van der Waals surface area contributed by atoms with Crippen LogP contribution >= 0.6 is 39.9 Å². The Bertz CT molecular complexity index is 574. The first-order valence-electron chi connectivity index (χ1n) is 8.44. The molecule has 0 radical (unpaired) electrons. The number of nitrogens with one attached hydrogen (secondary N) is 2. The van der Waals surface area contributed by atoms with E-state index in [-0.39, 0.29) is 29.8 Å². The smallest absolute Gasteiger partial charge is 0.191 e. The molecule has 4 nitrogen and oxygen atoms in total. The molecule has 0 amide bonds. The van der Waals surface area contributed by atoms with Crippen molar-refractivity contribution in [3.63, 3.8) is 0 Å². The van der Waals surface area contributed by atoms with E-state index in [1.807, 2.05) is 19.1 Å². The maximum Gasteiger partial charge on any atom is 0.191 e. The Morgan fingerprint density at radius 1 is 1.44 bits per heavy atom. The zero-order valence-corrected chi connectivity index (χ0v) is 18.5. The monoisotopic (exact) mass is 524 g/mol. The average molecular weight is 525 g/mol.